The fourth-order valence-electron chi connectivity index (χ4n) is 3.51. The first-order valence-corrected chi connectivity index (χ1v) is 10.2. The lowest BCUT2D eigenvalue weighted by molar-refractivity contribution is -0.384. The van der Waals surface area contributed by atoms with Gasteiger partial charge < -0.3 is 14.4 Å². The van der Waals surface area contributed by atoms with Crippen molar-refractivity contribution in [2.75, 3.05) is 19.7 Å². The Morgan fingerprint density at radius 3 is 2.87 bits per heavy atom. The molecule has 0 unspecified atom stereocenters. The maximum Gasteiger partial charge on any atom is 0.410 e. The minimum atomic E-state index is -0.482. The number of nitrogens with zero attached hydrogens (tertiary/aromatic N) is 4. The van der Waals surface area contributed by atoms with Crippen LogP contribution < -0.4 is 4.74 Å². The van der Waals surface area contributed by atoms with Crippen LogP contribution in [0.25, 0.3) is 11.0 Å². The first-order valence-electron chi connectivity index (χ1n) is 10.2. The number of likely N-dealkylation sites (tertiary alicyclic amines) is 1. The van der Waals surface area contributed by atoms with Crippen LogP contribution in [0.4, 0.5) is 10.5 Å². The van der Waals surface area contributed by atoms with Crippen molar-refractivity contribution in [1.29, 1.82) is 0 Å². The number of piperidine rings is 1. The van der Waals surface area contributed by atoms with Crippen molar-refractivity contribution < 1.29 is 19.2 Å². The Morgan fingerprint density at radius 1 is 1.33 bits per heavy atom. The highest BCUT2D eigenvalue weighted by molar-refractivity contribution is 5.77. The number of rotatable bonds is 6. The van der Waals surface area contributed by atoms with E-state index in [0.29, 0.717) is 36.0 Å². The Balaban J connectivity index is 1.46. The number of carbonyl (C=O) groups is 1. The fourth-order valence-corrected chi connectivity index (χ4v) is 3.51. The van der Waals surface area contributed by atoms with E-state index in [9.17, 15) is 14.9 Å². The minimum Gasteiger partial charge on any atom is -0.477 e. The summed E-state index contributed by atoms with van der Waals surface area (Å²) in [5.74, 6) is 0.827. The van der Waals surface area contributed by atoms with Gasteiger partial charge in [-0.15, -0.1) is 0 Å². The molecule has 9 nitrogen and oxygen atoms in total. The molecule has 0 N–H and O–H groups in total. The van der Waals surface area contributed by atoms with Gasteiger partial charge >= 0.3 is 6.09 Å². The third kappa shape index (κ3) is 6.01. The Kier molecular flexibility index (Phi) is 6.69. The smallest absolute Gasteiger partial charge is 0.410 e. The molecule has 0 aliphatic carbocycles. The molecule has 9 heteroatoms. The van der Waals surface area contributed by atoms with E-state index in [4.69, 9.17) is 9.47 Å². The van der Waals surface area contributed by atoms with Crippen molar-refractivity contribution in [2.45, 2.75) is 52.1 Å². The van der Waals surface area contributed by atoms with Gasteiger partial charge in [-0.1, -0.05) is 0 Å². The summed E-state index contributed by atoms with van der Waals surface area (Å²) in [5, 5.41) is 10.8. The maximum absolute atomic E-state index is 12.3. The summed E-state index contributed by atoms with van der Waals surface area (Å²) in [6.07, 6.45) is 5.10. The number of ether oxygens (including phenoxy) is 2. The second kappa shape index (κ2) is 9.23. The quantitative estimate of drug-likeness (QED) is 0.391. The van der Waals surface area contributed by atoms with E-state index in [2.05, 4.69) is 9.97 Å². The largest absolute Gasteiger partial charge is 0.477 e. The summed E-state index contributed by atoms with van der Waals surface area (Å²) in [6, 6.07) is 4.37. The highest BCUT2D eigenvalue weighted by Gasteiger charge is 2.27. The lowest BCUT2D eigenvalue weighted by Crippen LogP contribution is -2.42. The van der Waals surface area contributed by atoms with Crippen LogP contribution in [0.3, 0.4) is 0 Å². The van der Waals surface area contributed by atoms with Crippen LogP contribution in [-0.4, -0.2) is 51.2 Å². The molecule has 1 fully saturated rings. The SMILES string of the molecule is CC(C)(C)OC(=O)N1CCC[C@@H](CCCOc2cnc3cc([N+](=O)[O-])ccc3n2)C1. The summed E-state index contributed by atoms with van der Waals surface area (Å²) < 4.78 is 11.2. The van der Waals surface area contributed by atoms with Gasteiger partial charge in [0, 0.05) is 25.2 Å². The van der Waals surface area contributed by atoms with Crippen LogP contribution in [0.15, 0.2) is 24.4 Å². The van der Waals surface area contributed by atoms with Crippen molar-refractivity contribution in [3.63, 3.8) is 0 Å². The lowest BCUT2D eigenvalue weighted by Gasteiger charge is -2.34. The van der Waals surface area contributed by atoms with Crippen molar-refractivity contribution in [2.24, 2.45) is 5.92 Å². The molecule has 0 spiro atoms. The molecule has 3 rings (SSSR count). The molecule has 0 bridgehead atoms. The highest BCUT2D eigenvalue weighted by atomic mass is 16.6. The van der Waals surface area contributed by atoms with E-state index in [0.717, 1.165) is 32.2 Å². The third-order valence-electron chi connectivity index (χ3n) is 4.89. The van der Waals surface area contributed by atoms with E-state index in [-0.39, 0.29) is 11.8 Å². The minimum absolute atomic E-state index is 0.0154. The Labute approximate surface area is 175 Å². The van der Waals surface area contributed by atoms with E-state index in [1.54, 1.807) is 11.0 Å². The van der Waals surface area contributed by atoms with Gasteiger partial charge in [0.1, 0.15) is 5.60 Å². The topological polar surface area (TPSA) is 108 Å². The fraction of sp³-hybridized carbons (Fsp3) is 0.571. The number of amides is 1. The van der Waals surface area contributed by atoms with Gasteiger partial charge in [-0.2, -0.15) is 0 Å². The second-order valence-electron chi connectivity index (χ2n) is 8.56. The Morgan fingerprint density at radius 2 is 2.13 bits per heavy atom. The van der Waals surface area contributed by atoms with Crippen LogP contribution in [0.1, 0.15) is 46.5 Å². The number of benzene rings is 1. The molecule has 0 radical (unpaired) electrons. The predicted molar refractivity (Wildman–Crippen MR) is 111 cm³/mol. The van der Waals surface area contributed by atoms with Crippen LogP contribution >= 0.6 is 0 Å². The first-order chi connectivity index (χ1) is 14.2. The number of carbonyl (C=O) groups excluding carboxylic acids is 1. The Hall–Kier alpha value is -2.97. The van der Waals surface area contributed by atoms with E-state index < -0.39 is 10.5 Å². The first kappa shape index (κ1) is 21.7. The van der Waals surface area contributed by atoms with E-state index in [1.807, 2.05) is 20.8 Å². The second-order valence-corrected chi connectivity index (χ2v) is 8.56. The third-order valence-corrected chi connectivity index (χ3v) is 4.89. The van der Waals surface area contributed by atoms with Gasteiger partial charge in [0.15, 0.2) is 0 Å². The number of hydrogen-bond donors (Lipinski definition) is 0. The summed E-state index contributed by atoms with van der Waals surface area (Å²) in [5.41, 5.74) is 0.515. The lowest BCUT2D eigenvalue weighted by atomic mass is 9.94. The zero-order chi connectivity index (χ0) is 21.7. The number of hydrogen-bond acceptors (Lipinski definition) is 7. The number of fused-ring (bicyclic) bond motifs is 1. The summed E-state index contributed by atoms with van der Waals surface area (Å²) >= 11 is 0. The summed E-state index contributed by atoms with van der Waals surface area (Å²) in [4.78, 5) is 33.0. The van der Waals surface area contributed by atoms with Gasteiger partial charge in [0.25, 0.3) is 5.69 Å². The van der Waals surface area contributed by atoms with Crippen LogP contribution in [0.5, 0.6) is 5.88 Å². The zero-order valence-electron chi connectivity index (χ0n) is 17.7. The van der Waals surface area contributed by atoms with E-state index >= 15 is 0 Å². The molecular weight excluding hydrogens is 388 g/mol. The molecule has 1 amide bonds. The van der Waals surface area contributed by atoms with Gasteiger partial charge in [-0.25, -0.2) is 14.8 Å². The monoisotopic (exact) mass is 416 g/mol. The van der Waals surface area contributed by atoms with Gasteiger partial charge in [0.05, 0.1) is 28.8 Å². The summed E-state index contributed by atoms with van der Waals surface area (Å²) in [6.45, 7) is 7.58. The van der Waals surface area contributed by atoms with Crippen molar-refractivity contribution in [3.05, 3.63) is 34.5 Å². The van der Waals surface area contributed by atoms with Gasteiger partial charge in [0.2, 0.25) is 5.88 Å². The molecule has 1 aliphatic heterocycles. The molecule has 1 aromatic carbocycles. The van der Waals surface area contributed by atoms with Crippen LogP contribution in [-0.2, 0) is 4.74 Å². The average Bonchev–Trinajstić information content (AvgIpc) is 2.69. The standard InChI is InChI=1S/C21H28N4O5/c1-21(2,3)30-20(26)24-10-4-6-15(14-24)7-5-11-29-19-13-22-18-12-16(25(27)28)8-9-17(18)23-19/h8-9,12-13,15H,4-7,10-11,14H2,1-3H3/t15-/m0/s1. The molecule has 30 heavy (non-hydrogen) atoms. The van der Waals surface area contributed by atoms with Crippen LogP contribution in [0.2, 0.25) is 0 Å². The molecular formula is C21H28N4O5. The molecule has 2 aromatic rings. The average molecular weight is 416 g/mol. The number of aromatic nitrogens is 2. The van der Waals surface area contributed by atoms with Crippen molar-refractivity contribution >= 4 is 22.8 Å². The zero-order valence-corrected chi connectivity index (χ0v) is 17.7. The van der Waals surface area contributed by atoms with Crippen LogP contribution in [0, 0.1) is 16.0 Å². The maximum atomic E-state index is 12.3. The molecule has 162 valence electrons. The van der Waals surface area contributed by atoms with Crippen molar-refractivity contribution in [1.82, 2.24) is 14.9 Å². The molecule has 1 aliphatic rings. The molecule has 1 saturated heterocycles. The van der Waals surface area contributed by atoms with E-state index in [1.165, 1.54) is 18.3 Å². The Bertz CT molecular complexity index is 912. The summed E-state index contributed by atoms with van der Waals surface area (Å²) in [7, 11) is 0. The van der Waals surface area contributed by atoms with Gasteiger partial charge in [-0.3, -0.25) is 10.1 Å². The molecule has 0 saturated carbocycles. The number of non-ortho nitro benzene ring substituents is 1. The van der Waals surface area contributed by atoms with Crippen molar-refractivity contribution in [3.8, 4) is 5.88 Å². The molecule has 2 heterocycles. The predicted octanol–water partition coefficient (Wildman–Crippen LogP) is 4.34. The van der Waals surface area contributed by atoms with Gasteiger partial charge in [-0.05, 0) is 58.4 Å². The number of nitro groups is 1. The number of nitro benzene ring substituents is 1. The normalized spacial score (nSPS) is 17.0. The highest BCUT2D eigenvalue weighted by Crippen LogP contribution is 2.23. The molecule has 1 atom stereocenters. The molecule has 1 aromatic heterocycles.